The van der Waals surface area contributed by atoms with Crippen molar-refractivity contribution < 1.29 is 0 Å². The van der Waals surface area contributed by atoms with Crippen LogP contribution < -0.4 is 10.6 Å². The number of piperidine rings is 2. The summed E-state index contributed by atoms with van der Waals surface area (Å²) < 4.78 is 0. The molecule has 2 fully saturated rings. The van der Waals surface area contributed by atoms with Crippen molar-refractivity contribution >= 4 is 46.0 Å². The van der Waals surface area contributed by atoms with Crippen molar-refractivity contribution in [3.05, 3.63) is 24.3 Å². The van der Waals surface area contributed by atoms with Gasteiger partial charge in [-0.1, -0.05) is 0 Å². The van der Waals surface area contributed by atoms with Gasteiger partial charge in [-0.15, -0.1) is 0 Å². The number of likely N-dealkylation sites (tertiary alicyclic amines) is 2. The average molecular weight is 363 g/mol. The van der Waals surface area contributed by atoms with E-state index in [0.717, 1.165) is 47.8 Å². The van der Waals surface area contributed by atoms with Gasteiger partial charge in [-0.3, -0.25) is 0 Å². The third kappa shape index (κ3) is 4.80. The van der Waals surface area contributed by atoms with Crippen LogP contribution in [0, 0.1) is 0 Å². The third-order valence-corrected chi connectivity index (χ3v) is 5.39. The fourth-order valence-electron chi connectivity index (χ4n) is 3.24. The number of anilines is 2. The highest BCUT2D eigenvalue weighted by Crippen LogP contribution is 2.17. The lowest BCUT2D eigenvalue weighted by atomic mass is 10.1. The Balaban J connectivity index is 1.51. The lowest BCUT2D eigenvalue weighted by molar-refractivity contribution is 0.346. The molecule has 0 aromatic heterocycles. The van der Waals surface area contributed by atoms with Gasteiger partial charge in [-0.25, -0.2) is 0 Å². The predicted molar refractivity (Wildman–Crippen MR) is 110 cm³/mol. The molecule has 3 rings (SSSR count). The van der Waals surface area contributed by atoms with Crippen molar-refractivity contribution in [2.45, 2.75) is 38.5 Å². The predicted octanol–water partition coefficient (Wildman–Crippen LogP) is 4.05. The zero-order valence-corrected chi connectivity index (χ0v) is 15.7. The maximum atomic E-state index is 5.52. The Morgan fingerprint density at radius 1 is 0.625 bits per heavy atom. The van der Waals surface area contributed by atoms with Crippen LogP contribution in [0.25, 0.3) is 0 Å². The minimum absolute atomic E-state index is 0.833. The summed E-state index contributed by atoms with van der Waals surface area (Å²) in [4.78, 5) is 4.52. The fraction of sp³-hybridized carbons (Fsp3) is 0.556. The van der Waals surface area contributed by atoms with E-state index in [1.54, 1.807) is 0 Å². The van der Waals surface area contributed by atoms with Gasteiger partial charge >= 0.3 is 0 Å². The molecular weight excluding hydrogens is 336 g/mol. The van der Waals surface area contributed by atoms with E-state index in [4.69, 9.17) is 24.4 Å². The van der Waals surface area contributed by atoms with Gasteiger partial charge in [0.05, 0.1) is 0 Å². The second kappa shape index (κ2) is 8.62. The molecule has 24 heavy (non-hydrogen) atoms. The van der Waals surface area contributed by atoms with Crippen LogP contribution >= 0.6 is 24.4 Å². The Morgan fingerprint density at radius 3 is 1.29 bits per heavy atom. The molecule has 130 valence electrons. The molecule has 0 radical (unpaired) electrons. The van der Waals surface area contributed by atoms with Crippen LogP contribution in [0.5, 0.6) is 0 Å². The first-order valence-electron chi connectivity index (χ1n) is 8.94. The van der Waals surface area contributed by atoms with E-state index in [0.29, 0.717) is 0 Å². The molecule has 0 unspecified atom stereocenters. The summed E-state index contributed by atoms with van der Waals surface area (Å²) in [6, 6.07) is 8.21. The monoisotopic (exact) mass is 362 g/mol. The van der Waals surface area contributed by atoms with E-state index in [9.17, 15) is 0 Å². The largest absolute Gasteiger partial charge is 0.349 e. The summed E-state index contributed by atoms with van der Waals surface area (Å²) in [7, 11) is 0. The minimum Gasteiger partial charge on any atom is -0.349 e. The highest BCUT2D eigenvalue weighted by atomic mass is 32.1. The van der Waals surface area contributed by atoms with Gasteiger partial charge in [0.1, 0.15) is 0 Å². The molecule has 2 saturated heterocycles. The van der Waals surface area contributed by atoms with Crippen molar-refractivity contribution in [1.29, 1.82) is 0 Å². The Hall–Kier alpha value is -1.40. The smallest absolute Gasteiger partial charge is 0.173 e. The normalized spacial score (nSPS) is 18.2. The van der Waals surface area contributed by atoms with E-state index in [1.807, 2.05) is 0 Å². The van der Waals surface area contributed by atoms with Gasteiger partial charge in [0.25, 0.3) is 0 Å². The first-order chi connectivity index (χ1) is 11.7. The van der Waals surface area contributed by atoms with Gasteiger partial charge in [0.2, 0.25) is 0 Å². The molecule has 4 nitrogen and oxygen atoms in total. The number of rotatable bonds is 2. The molecule has 0 saturated carbocycles. The number of hydrogen-bond donors (Lipinski definition) is 2. The van der Waals surface area contributed by atoms with Gasteiger partial charge in [0, 0.05) is 37.6 Å². The Bertz CT molecular complexity index is 510. The average Bonchev–Trinajstić information content (AvgIpc) is 2.65. The van der Waals surface area contributed by atoms with Gasteiger partial charge < -0.3 is 20.4 Å². The lowest BCUT2D eigenvalue weighted by Gasteiger charge is -2.30. The van der Waals surface area contributed by atoms with Crippen LogP contribution in [0.4, 0.5) is 11.4 Å². The SMILES string of the molecule is S=C(Nc1ccc(NC(=S)N2CCCCC2)cc1)N1CCCCC1. The Labute approximate surface area is 155 Å². The molecular formula is C18H26N4S2. The van der Waals surface area contributed by atoms with E-state index in [2.05, 4.69) is 44.7 Å². The second-order valence-corrected chi connectivity index (χ2v) is 7.31. The van der Waals surface area contributed by atoms with Crippen LogP contribution in [0.15, 0.2) is 24.3 Å². The van der Waals surface area contributed by atoms with Crippen molar-refractivity contribution in [3.8, 4) is 0 Å². The van der Waals surface area contributed by atoms with Crippen molar-refractivity contribution in [2.75, 3.05) is 36.8 Å². The molecule has 2 heterocycles. The molecule has 1 aromatic carbocycles. The zero-order chi connectivity index (χ0) is 16.8. The number of thiocarbonyl (C=S) groups is 2. The highest BCUT2D eigenvalue weighted by Gasteiger charge is 2.14. The van der Waals surface area contributed by atoms with Crippen molar-refractivity contribution in [3.63, 3.8) is 0 Å². The van der Waals surface area contributed by atoms with Crippen LogP contribution in [-0.4, -0.2) is 46.2 Å². The van der Waals surface area contributed by atoms with Crippen LogP contribution in [0.3, 0.4) is 0 Å². The number of nitrogens with zero attached hydrogens (tertiary/aromatic N) is 2. The summed E-state index contributed by atoms with van der Waals surface area (Å²) in [5, 5.41) is 8.35. The maximum Gasteiger partial charge on any atom is 0.173 e. The van der Waals surface area contributed by atoms with Gasteiger partial charge in [-0.05, 0) is 87.2 Å². The van der Waals surface area contributed by atoms with Crippen molar-refractivity contribution in [2.24, 2.45) is 0 Å². The molecule has 6 heteroatoms. The summed E-state index contributed by atoms with van der Waals surface area (Å²) in [6.07, 6.45) is 7.57. The molecule has 0 amide bonds. The van der Waals surface area contributed by atoms with Crippen LogP contribution in [0.2, 0.25) is 0 Å². The zero-order valence-electron chi connectivity index (χ0n) is 14.1. The molecule has 2 N–H and O–H groups in total. The maximum absolute atomic E-state index is 5.52. The van der Waals surface area contributed by atoms with E-state index in [1.165, 1.54) is 38.5 Å². The molecule has 0 aliphatic carbocycles. The topological polar surface area (TPSA) is 30.5 Å². The molecule has 0 spiro atoms. The minimum atomic E-state index is 0.833. The van der Waals surface area contributed by atoms with Gasteiger partial charge in [0.15, 0.2) is 10.2 Å². The molecule has 1 aromatic rings. The second-order valence-electron chi connectivity index (χ2n) is 6.53. The fourth-order valence-corrected chi connectivity index (χ4v) is 3.84. The van der Waals surface area contributed by atoms with Gasteiger partial charge in [-0.2, -0.15) is 0 Å². The Morgan fingerprint density at radius 2 is 0.958 bits per heavy atom. The summed E-state index contributed by atoms with van der Waals surface area (Å²) in [6.45, 7) is 4.26. The number of hydrogen-bond acceptors (Lipinski definition) is 2. The first-order valence-corrected chi connectivity index (χ1v) is 9.76. The quantitative estimate of drug-likeness (QED) is 0.772. The number of nitrogens with one attached hydrogen (secondary N) is 2. The molecule has 2 aliphatic rings. The van der Waals surface area contributed by atoms with E-state index < -0.39 is 0 Å². The van der Waals surface area contributed by atoms with Crippen LogP contribution in [0.1, 0.15) is 38.5 Å². The summed E-state index contributed by atoms with van der Waals surface area (Å²) in [5.74, 6) is 0. The van der Waals surface area contributed by atoms with Crippen LogP contribution in [-0.2, 0) is 0 Å². The van der Waals surface area contributed by atoms with E-state index >= 15 is 0 Å². The van der Waals surface area contributed by atoms with Crippen molar-refractivity contribution in [1.82, 2.24) is 9.80 Å². The summed E-state index contributed by atoms with van der Waals surface area (Å²) in [5.41, 5.74) is 2.06. The number of benzene rings is 1. The van der Waals surface area contributed by atoms with E-state index in [-0.39, 0.29) is 0 Å². The highest BCUT2D eigenvalue weighted by molar-refractivity contribution is 7.80. The first kappa shape index (κ1) is 17.4. The lowest BCUT2D eigenvalue weighted by Crippen LogP contribution is -2.38. The third-order valence-electron chi connectivity index (χ3n) is 4.67. The molecule has 0 bridgehead atoms. The molecule has 0 atom stereocenters. The standard InChI is InChI=1S/C18H26N4S2/c23-17(21-11-3-1-4-12-21)19-15-7-9-16(10-8-15)20-18(24)22-13-5-2-6-14-22/h7-10H,1-6,11-14H2,(H,19,23)(H,20,24). The Kier molecular flexibility index (Phi) is 6.26. The molecule has 2 aliphatic heterocycles. The summed E-state index contributed by atoms with van der Waals surface area (Å²) >= 11 is 11.0.